The molecule has 0 spiro atoms. The van der Waals surface area contributed by atoms with Gasteiger partial charge in [0.25, 0.3) is 0 Å². The SMILES string of the molecule is COCNC(C(=O)N1CCCC1c1ncc(-c2ccc(-c3ccc(-c4cnc(C5CCCN5)[nH]4)c4ccccc34)cc2)[nH]1)C(C)C. The smallest absolute Gasteiger partial charge is 0.240 e. The first-order chi connectivity index (χ1) is 22.5. The standard InChI is InChI=1S/C37H43N7O2/c1-23(2)34(41-22-46-3)37(45)44-19-7-11-33(44)36-40-20-31(42-36)25-14-12-24(13-15-25)26-16-17-29(28-9-5-4-8-27(26)28)32-21-39-35(43-32)30-10-6-18-38-30/h4-5,8-9,12-17,20-21,23,30,33-34,38,41H,6-7,10-11,18-19,22H2,1-3H3,(H,39,43)(H,40,42). The number of nitrogens with zero attached hydrogens (tertiary/aromatic N) is 3. The number of carbonyl (C=O) groups excluding carboxylic acids is 1. The highest BCUT2D eigenvalue weighted by atomic mass is 16.5. The molecule has 2 aliphatic heterocycles. The number of aromatic amines is 2. The molecule has 4 heterocycles. The van der Waals surface area contributed by atoms with E-state index in [2.05, 4.69) is 95.1 Å². The number of benzene rings is 3. The van der Waals surface area contributed by atoms with Gasteiger partial charge in [-0.1, -0.05) is 74.5 Å². The Morgan fingerprint density at radius 1 is 0.891 bits per heavy atom. The third-order valence-corrected chi connectivity index (χ3v) is 9.53. The van der Waals surface area contributed by atoms with Crippen molar-refractivity contribution in [3.8, 4) is 33.6 Å². The summed E-state index contributed by atoms with van der Waals surface area (Å²) < 4.78 is 5.19. The summed E-state index contributed by atoms with van der Waals surface area (Å²) >= 11 is 0. The van der Waals surface area contributed by atoms with Gasteiger partial charge in [-0.2, -0.15) is 0 Å². The number of hydrogen-bond acceptors (Lipinski definition) is 6. The van der Waals surface area contributed by atoms with Gasteiger partial charge in [0.1, 0.15) is 11.6 Å². The van der Waals surface area contributed by atoms with Gasteiger partial charge in [0.05, 0.1) is 48.6 Å². The number of carbonyl (C=O) groups is 1. The van der Waals surface area contributed by atoms with Crippen molar-refractivity contribution in [1.29, 1.82) is 0 Å². The van der Waals surface area contributed by atoms with Gasteiger partial charge in [-0.3, -0.25) is 10.1 Å². The van der Waals surface area contributed by atoms with Crippen molar-refractivity contribution in [2.75, 3.05) is 26.9 Å². The van der Waals surface area contributed by atoms with E-state index in [0.29, 0.717) is 12.8 Å². The van der Waals surface area contributed by atoms with Crippen LogP contribution < -0.4 is 10.6 Å². The van der Waals surface area contributed by atoms with Crippen LogP contribution in [0.4, 0.5) is 0 Å². The Morgan fingerprint density at radius 3 is 2.33 bits per heavy atom. The Labute approximate surface area is 270 Å². The van der Waals surface area contributed by atoms with Crippen LogP contribution in [0.1, 0.15) is 63.3 Å². The summed E-state index contributed by atoms with van der Waals surface area (Å²) in [7, 11) is 1.63. The van der Waals surface area contributed by atoms with E-state index in [-0.39, 0.29) is 23.9 Å². The van der Waals surface area contributed by atoms with E-state index in [4.69, 9.17) is 14.7 Å². The number of ether oxygens (including phenoxy) is 1. The normalized spacial score (nSPS) is 19.0. The summed E-state index contributed by atoms with van der Waals surface area (Å²) in [6, 6.07) is 21.6. The molecule has 7 rings (SSSR count). The molecular weight excluding hydrogens is 574 g/mol. The van der Waals surface area contributed by atoms with Gasteiger partial charge in [0.15, 0.2) is 0 Å². The molecule has 2 aliphatic rings. The monoisotopic (exact) mass is 617 g/mol. The molecule has 0 bridgehead atoms. The zero-order valence-electron chi connectivity index (χ0n) is 26.8. The lowest BCUT2D eigenvalue weighted by Crippen LogP contribution is -2.49. The van der Waals surface area contributed by atoms with E-state index >= 15 is 0 Å². The fraction of sp³-hybridized carbons (Fsp3) is 0.378. The Kier molecular flexibility index (Phi) is 8.71. The summed E-state index contributed by atoms with van der Waals surface area (Å²) in [5.41, 5.74) is 6.56. The number of imidazole rings is 2. The fourth-order valence-corrected chi connectivity index (χ4v) is 7.11. The van der Waals surface area contributed by atoms with Crippen LogP contribution >= 0.6 is 0 Å². The zero-order valence-corrected chi connectivity index (χ0v) is 26.8. The van der Waals surface area contributed by atoms with E-state index in [0.717, 1.165) is 72.1 Å². The van der Waals surface area contributed by atoms with Crippen LogP contribution in [-0.2, 0) is 9.53 Å². The lowest BCUT2D eigenvalue weighted by Gasteiger charge is -2.30. The van der Waals surface area contributed by atoms with Gasteiger partial charge in [-0.05, 0) is 65.6 Å². The van der Waals surface area contributed by atoms with E-state index in [1.807, 2.05) is 17.3 Å². The quantitative estimate of drug-likeness (QED) is 0.132. The van der Waals surface area contributed by atoms with Crippen molar-refractivity contribution in [1.82, 2.24) is 35.5 Å². The van der Waals surface area contributed by atoms with Crippen molar-refractivity contribution in [2.45, 2.75) is 57.7 Å². The first kappa shape index (κ1) is 30.3. The fourth-order valence-electron chi connectivity index (χ4n) is 7.11. The number of rotatable bonds is 10. The lowest BCUT2D eigenvalue weighted by atomic mass is 9.93. The molecule has 2 fully saturated rings. The minimum atomic E-state index is -0.293. The average Bonchev–Trinajstić information content (AvgIpc) is 3.91. The van der Waals surface area contributed by atoms with Gasteiger partial charge < -0.3 is 24.9 Å². The summed E-state index contributed by atoms with van der Waals surface area (Å²) in [6.07, 6.45) is 8.01. The van der Waals surface area contributed by atoms with Crippen molar-refractivity contribution in [3.63, 3.8) is 0 Å². The van der Waals surface area contributed by atoms with Crippen LogP contribution in [0, 0.1) is 5.92 Å². The predicted molar refractivity (Wildman–Crippen MR) is 182 cm³/mol. The highest BCUT2D eigenvalue weighted by Gasteiger charge is 2.36. The molecule has 46 heavy (non-hydrogen) atoms. The topological polar surface area (TPSA) is 111 Å². The molecular formula is C37H43N7O2. The molecule has 0 aliphatic carbocycles. The molecule has 0 radical (unpaired) electrons. The second-order valence-electron chi connectivity index (χ2n) is 12.8. The Bertz CT molecular complexity index is 1800. The molecule has 2 saturated heterocycles. The molecule has 0 saturated carbocycles. The molecule has 3 aromatic carbocycles. The molecule has 2 aromatic heterocycles. The van der Waals surface area contributed by atoms with Crippen molar-refractivity contribution >= 4 is 16.7 Å². The number of nitrogens with one attached hydrogen (secondary N) is 4. The molecule has 5 aromatic rings. The van der Waals surface area contributed by atoms with Crippen LogP contribution in [0.2, 0.25) is 0 Å². The van der Waals surface area contributed by atoms with Crippen LogP contribution in [-0.4, -0.2) is 63.7 Å². The summed E-state index contributed by atoms with van der Waals surface area (Å²) in [5.74, 6) is 2.12. The average molecular weight is 618 g/mol. The molecule has 238 valence electrons. The number of methoxy groups -OCH3 is 1. The van der Waals surface area contributed by atoms with Gasteiger partial charge in [0.2, 0.25) is 5.91 Å². The van der Waals surface area contributed by atoms with Gasteiger partial charge >= 0.3 is 0 Å². The second-order valence-corrected chi connectivity index (χ2v) is 12.8. The highest BCUT2D eigenvalue weighted by Crippen LogP contribution is 2.37. The Balaban J connectivity index is 1.11. The maximum atomic E-state index is 13.5. The molecule has 9 heteroatoms. The minimum absolute atomic E-state index is 0.0589. The maximum Gasteiger partial charge on any atom is 0.240 e. The minimum Gasteiger partial charge on any atom is -0.370 e. The van der Waals surface area contributed by atoms with Crippen LogP contribution in [0.3, 0.4) is 0 Å². The van der Waals surface area contributed by atoms with Crippen molar-refractivity contribution < 1.29 is 9.53 Å². The largest absolute Gasteiger partial charge is 0.370 e. The van der Waals surface area contributed by atoms with E-state index in [1.54, 1.807) is 7.11 Å². The van der Waals surface area contributed by atoms with Crippen LogP contribution in [0.25, 0.3) is 44.4 Å². The lowest BCUT2D eigenvalue weighted by molar-refractivity contribution is -0.136. The number of amides is 1. The molecule has 4 N–H and O–H groups in total. The summed E-state index contributed by atoms with van der Waals surface area (Å²) in [5, 5.41) is 9.19. The molecule has 1 amide bonds. The third kappa shape index (κ3) is 5.86. The summed E-state index contributed by atoms with van der Waals surface area (Å²) in [6.45, 7) is 6.25. The predicted octanol–water partition coefficient (Wildman–Crippen LogP) is 6.59. The highest BCUT2D eigenvalue weighted by molar-refractivity contribution is 6.04. The van der Waals surface area contributed by atoms with E-state index in [9.17, 15) is 4.79 Å². The van der Waals surface area contributed by atoms with Crippen LogP contribution in [0.5, 0.6) is 0 Å². The first-order valence-corrected chi connectivity index (χ1v) is 16.5. The molecule has 3 atom stereocenters. The molecule has 9 nitrogen and oxygen atoms in total. The van der Waals surface area contributed by atoms with Crippen LogP contribution in [0.15, 0.2) is 73.1 Å². The number of hydrogen-bond donors (Lipinski definition) is 4. The second kappa shape index (κ2) is 13.2. The third-order valence-electron chi connectivity index (χ3n) is 9.53. The van der Waals surface area contributed by atoms with Crippen molar-refractivity contribution in [2.24, 2.45) is 5.92 Å². The Hall–Kier alpha value is -4.31. The van der Waals surface area contributed by atoms with Crippen molar-refractivity contribution in [3.05, 3.63) is 84.7 Å². The maximum absolute atomic E-state index is 13.5. The molecule has 3 unspecified atom stereocenters. The van der Waals surface area contributed by atoms with E-state index < -0.39 is 0 Å². The van der Waals surface area contributed by atoms with E-state index in [1.165, 1.54) is 22.8 Å². The Morgan fingerprint density at radius 2 is 1.59 bits per heavy atom. The number of likely N-dealkylation sites (tertiary alicyclic amines) is 1. The van der Waals surface area contributed by atoms with Gasteiger partial charge in [-0.15, -0.1) is 0 Å². The summed E-state index contributed by atoms with van der Waals surface area (Å²) in [4.78, 5) is 32.1. The number of fused-ring (bicyclic) bond motifs is 1. The van der Waals surface area contributed by atoms with Gasteiger partial charge in [0, 0.05) is 19.2 Å². The van der Waals surface area contributed by atoms with Gasteiger partial charge in [-0.25, -0.2) is 9.97 Å². The number of H-pyrrole nitrogens is 2. The zero-order chi connectivity index (χ0) is 31.6. The first-order valence-electron chi connectivity index (χ1n) is 16.5. The number of aromatic nitrogens is 4.